The number of aliphatic imine (C=N–C) groups is 1. The van der Waals surface area contributed by atoms with Crippen LogP contribution in [0.25, 0.3) is 0 Å². The van der Waals surface area contributed by atoms with Crippen LogP contribution in [0.15, 0.2) is 59.6 Å². The van der Waals surface area contributed by atoms with Crippen LogP contribution in [-0.4, -0.2) is 32.7 Å². The van der Waals surface area contributed by atoms with Gasteiger partial charge in [0.1, 0.15) is 5.82 Å². The Labute approximate surface area is 178 Å². The first-order valence-corrected chi connectivity index (χ1v) is 9.09. The first-order chi connectivity index (χ1) is 12.8. The normalized spacial score (nSPS) is 11.0. The second kappa shape index (κ2) is 14.4. The maximum absolute atomic E-state index is 13.6. The third-order valence-electron chi connectivity index (χ3n) is 3.99. The van der Waals surface area contributed by atoms with Crippen molar-refractivity contribution < 1.29 is 9.13 Å². The van der Waals surface area contributed by atoms with Crippen LogP contribution in [0.4, 0.5) is 4.39 Å². The van der Waals surface area contributed by atoms with Crippen molar-refractivity contribution in [3.63, 3.8) is 0 Å². The maximum atomic E-state index is 13.6. The average molecular weight is 485 g/mol. The zero-order chi connectivity index (χ0) is 18.5. The molecule has 0 aromatic heterocycles. The minimum atomic E-state index is -0.159. The van der Waals surface area contributed by atoms with Crippen molar-refractivity contribution in [2.24, 2.45) is 4.99 Å². The molecule has 2 rings (SSSR count). The monoisotopic (exact) mass is 485 g/mol. The van der Waals surface area contributed by atoms with Gasteiger partial charge in [0.2, 0.25) is 0 Å². The lowest BCUT2D eigenvalue weighted by atomic mass is 10.1. The second-order valence-electron chi connectivity index (χ2n) is 6.01. The number of ether oxygens (including phenoxy) is 1. The van der Waals surface area contributed by atoms with Crippen LogP contribution in [0, 0.1) is 5.82 Å². The Kier molecular flexibility index (Phi) is 12.5. The number of nitrogens with zero attached hydrogens (tertiary/aromatic N) is 1. The van der Waals surface area contributed by atoms with E-state index >= 15 is 0 Å². The lowest BCUT2D eigenvalue weighted by Crippen LogP contribution is -2.38. The lowest BCUT2D eigenvalue weighted by Gasteiger charge is -2.12. The van der Waals surface area contributed by atoms with Gasteiger partial charge in [-0.05, 0) is 36.5 Å². The molecule has 148 valence electrons. The highest BCUT2D eigenvalue weighted by Crippen LogP contribution is 2.06. The molecule has 2 aromatic carbocycles. The maximum Gasteiger partial charge on any atom is 0.190 e. The van der Waals surface area contributed by atoms with Crippen molar-refractivity contribution in [2.75, 3.05) is 26.7 Å². The predicted octanol–water partition coefficient (Wildman–Crippen LogP) is 4.15. The summed E-state index contributed by atoms with van der Waals surface area (Å²) in [6.07, 6.45) is 2.62. The highest BCUT2D eigenvalue weighted by Gasteiger charge is 2.01. The first kappa shape index (κ1) is 23.4. The molecule has 0 radical (unpaired) electrons. The molecule has 0 saturated carbocycles. The zero-order valence-corrected chi connectivity index (χ0v) is 18.1. The number of rotatable bonds is 10. The predicted molar refractivity (Wildman–Crippen MR) is 120 cm³/mol. The molecule has 0 aliphatic carbocycles. The van der Waals surface area contributed by atoms with E-state index in [-0.39, 0.29) is 29.8 Å². The highest BCUT2D eigenvalue weighted by atomic mass is 127. The van der Waals surface area contributed by atoms with Gasteiger partial charge in [0.25, 0.3) is 0 Å². The van der Waals surface area contributed by atoms with Crippen LogP contribution in [0.2, 0.25) is 0 Å². The summed E-state index contributed by atoms with van der Waals surface area (Å²) >= 11 is 0. The van der Waals surface area contributed by atoms with Gasteiger partial charge in [-0.25, -0.2) is 4.39 Å². The van der Waals surface area contributed by atoms with Gasteiger partial charge in [0.05, 0.1) is 6.61 Å². The standard InChI is InChI=1S/C21H28FN3O.HI/c1-23-21(25-15-13-19-11-5-6-12-20(19)22)24-14-7-8-16-26-17-18-9-3-2-4-10-18;/h2-6,9-12H,7-8,13-17H2,1H3,(H2,23,24,25);1H. The van der Waals surface area contributed by atoms with Crippen LogP contribution < -0.4 is 10.6 Å². The molecule has 0 heterocycles. The van der Waals surface area contributed by atoms with Crippen molar-refractivity contribution >= 4 is 29.9 Å². The fourth-order valence-corrected chi connectivity index (χ4v) is 2.54. The summed E-state index contributed by atoms with van der Waals surface area (Å²) in [6.45, 7) is 2.87. The van der Waals surface area contributed by atoms with Gasteiger partial charge in [-0.1, -0.05) is 48.5 Å². The van der Waals surface area contributed by atoms with Crippen molar-refractivity contribution in [1.29, 1.82) is 0 Å². The van der Waals surface area contributed by atoms with Gasteiger partial charge in [0.15, 0.2) is 5.96 Å². The largest absolute Gasteiger partial charge is 0.377 e. The second-order valence-corrected chi connectivity index (χ2v) is 6.01. The van der Waals surface area contributed by atoms with Crippen LogP contribution in [0.1, 0.15) is 24.0 Å². The molecule has 0 saturated heterocycles. The number of nitrogens with one attached hydrogen (secondary N) is 2. The Morgan fingerprint density at radius 3 is 2.41 bits per heavy atom. The quantitative estimate of drug-likeness (QED) is 0.230. The minimum absolute atomic E-state index is 0. The van der Waals surface area contributed by atoms with E-state index in [1.807, 2.05) is 30.3 Å². The van der Waals surface area contributed by atoms with E-state index in [0.717, 1.165) is 32.0 Å². The first-order valence-electron chi connectivity index (χ1n) is 9.09. The van der Waals surface area contributed by atoms with E-state index in [0.29, 0.717) is 25.1 Å². The van der Waals surface area contributed by atoms with Crippen molar-refractivity contribution in [1.82, 2.24) is 10.6 Å². The minimum Gasteiger partial charge on any atom is -0.377 e. The van der Waals surface area contributed by atoms with Gasteiger partial charge in [0, 0.05) is 26.7 Å². The van der Waals surface area contributed by atoms with Gasteiger partial charge in [-0.15, -0.1) is 24.0 Å². The van der Waals surface area contributed by atoms with Crippen molar-refractivity contribution in [3.05, 3.63) is 71.5 Å². The van der Waals surface area contributed by atoms with E-state index < -0.39 is 0 Å². The summed E-state index contributed by atoms with van der Waals surface area (Å²) in [5.74, 6) is 0.583. The summed E-state index contributed by atoms with van der Waals surface area (Å²) in [4.78, 5) is 4.18. The number of hydrogen-bond acceptors (Lipinski definition) is 2. The lowest BCUT2D eigenvalue weighted by molar-refractivity contribution is 0.117. The average Bonchev–Trinajstić information content (AvgIpc) is 2.68. The van der Waals surface area contributed by atoms with E-state index in [1.54, 1.807) is 13.1 Å². The number of benzene rings is 2. The molecule has 0 aliphatic heterocycles. The van der Waals surface area contributed by atoms with E-state index in [2.05, 4.69) is 27.8 Å². The van der Waals surface area contributed by atoms with Crippen LogP contribution in [0.5, 0.6) is 0 Å². The fourth-order valence-electron chi connectivity index (χ4n) is 2.54. The molecular weight excluding hydrogens is 456 g/mol. The van der Waals surface area contributed by atoms with E-state index in [4.69, 9.17) is 4.74 Å². The molecule has 2 N–H and O–H groups in total. The molecule has 6 heteroatoms. The van der Waals surface area contributed by atoms with Gasteiger partial charge >= 0.3 is 0 Å². The Morgan fingerprint density at radius 2 is 1.67 bits per heavy atom. The topological polar surface area (TPSA) is 45.7 Å². The molecule has 0 aliphatic rings. The molecule has 0 atom stereocenters. The van der Waals surface area contributed by atoms with Crippen LogP contribution >= 0.6 is 24.0 Å². The SMILES string of the molecule is CN=C(NCCCCOCc1ccccc1)NCCc1ccccc1F.I. The molecule has 0 amide bonds. The van der Waals surface area contributed by atoms with Crippen molar-refractivity contribution in [3.8, 4) is 0 Å². The molecule has 0 bridgehead atoms. The highest BCUT2D eigenvalue weighted by molar-refractivity contribution is 14.0. The van der Waals surface area contributed by atoms with E-state index in [9.17, 15) is 4.39 Å². The van der Waals surface area contributed by atoms with E-state index in [1.165, 1.54) is 11.6 Å². The summed E-state index contributed by atoms with van der Waals surface area (Å²) in [6, 6.07) is 17.0. The number of halogens is 2. The number of guanidine groups is 1. The van der Waals surface area contributed by atoms with Crippen LogP contribution in [-0.2, 0) is 17.8 Å². The number of unbranched alkanes of at least 4 members (excludes halogenated alkanes) is 1. The smallest absolute Gasteiger partial charge is 0.190 e. The van der Waals surface area contributed by atoms with Gasteiger partial charge < -0.3 is 15.4 Å². The molecule has 0 spiro atoms. The summed E-state index contributed by atoms with van der Waals surface area (Å²) in [7, 11) is 1.74. The molecule has 0 fully saturated rings. The summed E-state index contributed by atoms with van der Waals surface area (Å²) < 4.78 is 19.2. The third kappa shape index (κ3) is 9.72. The third-order valence-corrected chi connectivity index (χ3v) is 3.99. The Hall–Kier alpha value is -1.67. The molecule has 2 aromatic rings. The van der Waals surface area contributed by atoms with Crippen molar-refractivity contribution in [2.45, 2.75) is 25.9 Å². The van der Waals surface area contributed by atoms with Crippen LogP contribution in [0.3, 0.4) is 0 Å². The molecular formula is C21H29FIN3O. The summed E-state index contributed by atoms with van der Waals surface area (Å²) in [5.41, 5.74) is 1.91. The molecule has 4 nitrogen and oxygen atoms in total. The molecule has 27 heavy (non-hydrogen) atoms. The fraction of sp³-hybridized carbons (Fsp3) is 0.381. The summed E-state index contributed by atoms with van der Waals surface area (Å²) in [5, 5.41) is 6.48. The Morgan fingerprint density at radius 1 is 0.963 bits per heavy atom. The molecule has 0 unspecified atom stereocenters. The van der Waals surface area contributed by atoms with Gasteiger partial charge in [-0.3, -0.25) is 4.99 Å². The zero-order valence-electron chi connectivity index (χ0n) is 15.8. The Balaban J connectivity index is 0.00000364. The Bertz CT molecular complexity index is 667. The van der Waals surface area contributed by atoms with Gasteiger partial charge in [-0.2, -0.15) is 0 Å². The number of hydrogen-bond donors (Lipinski definition) is 2.